The van der Waals surface area contributed by atoms with Gasteiger partial charge in [-0.1, -0.05) is 0 Å². The molecule has 2 rings (SSSR count). The smallest absolute Gasteiger partial charge is 0.379 e. The summed E-state index contributed by atoms with van der Waals surface area (Å²) in [5.74, 6) is 0.0462. The maximum atomic E-state index is 12.3. The first-order chi connectivity index (χ1) is 7.98. The van der Waals surface area contributed by atoms with Crippen LogP contribution >= 0.6 is 11.3 Å². The van der Waals surface area contributed by atoms with Crippen LogP contribution in [0.5, 0.6) is 0 Å². The maximum absolute atomic E-state index is 12.3. The van der Waals surface area contributed by atoms with Crippen molar-refractivity contribution < 1.29 is 18.3 Å². The van der Waals surface area contributed by atoms with E-state index in [1.54, 1.807) is 6.07 Å². The van der Waals surface area contributed by atoms with Crippen LogP contribution in [0.25, 0.3) is 0 Å². The van der Waals surface area contributed by atoms with E-state index in [2.05, 4.69) is 15.0 Å². The van der Waals surface area contributed by atoms with Crippen molar-refractivity contribution in [1.82, 2.24) is 15.0 Å². The molecule has 0 fully saturated rings. The minimum atomic E-state index is -4.50. The van der Waals surface area contributed by atoms with E-state index in [1.807, 2.05) is 0 Å². The van der Waals surface area contributed by atoms with E-state index in [4.69, 9.17) is 0 Å². The molecule has 0 aliphatic carbocycles. The average molecular weight is 261 g/mol. The lowest BCUT2D eigenvalue weighted by atomic mass is 10.3. The molecule has 1 unspecified atom stereocenters. The minimum Gasteiger partial charge on any atom is -0.379 e. The predicted molar refractivity (Wildman–Crippen MR) is 53.2 cm³/mol. The molecule has 0 aliphatic rings. The molecule has 0 aliphatic heterocycles. The molecule has 0 amide bonds. The molecule has 0 saturated carbocycles. The largest absolute Gasteiger partial charge is 0.443 e. The fraction of sp³-hybridized carbons (Fsp3) is 0.222. The molecule has 2 aromatic heterocycles. The fourth-order valence-electron chi connectivity index (χ4n) is 1.12. The third-order valence-corrected chi connectivity index (χ3v) is 2.96. The molecule has 8 heteroatoms. The van der Waals surface area contributed by atoms with Crippen molar-refractivity contribution in [3.8, 4) is 0 Å². The van der Waals surface area contributed by atoms with Crippen LogP contribution in [-0.4, -0.2) is 20.1 Å². The van der Waals surface area contributed by atoms with Crippen molar-refractivity contribution >= 4 is 11.3 Å². The monoisotopic (exact) mass is 261 g/mol. The fourth-order valence-corrected chi connectivity index (χ4v) is 1.89. The van der Waals surface area contributed by atoms with Crippen LogP contribution in [-0.2, 0) is 6.18 Å². The molecule has 17 heavy (non-hydrogen) atoms. The molecule has 90 valence electrons. The molecule has 4 nitrogen and oxygen atoms in total. The third-order valence-electron chi connectivity index (χ3n) is 1.87. The topological polar surface area (TPSA) is 58.9 Å². The molecule has 2 aromatic rings. The van der Waals surface area contributed by atoms with Crippen LogP contribution in [0.2, 0.25) is 0 Å². The first kappa shape index (κ1) is 11.9. The Morgan fingerprint density at radius 2 is 1.82 bits per heavy atom. The van der Waals surface area contributed by atoms with Gasteiger partial charge in [0.1, 0.15) is 6.10 Å². The van der Waals surface area contributed by atoms with Crippen LogP contribution in [0.3, 0.4) is 0 Å². The van der Waals surface area contributed by atoms with Gasteiger partial charge in [-0.25, -0.2) is 15.0 Å². The van der Waals surface area contributed by atoms with E-state index in [-0.39, 0.29) is 10.7 Å². The van der Waals surface area contributed by atoms with Crippen molar-refractivity contribution in [2.24, 2.45) is 0 Å². The minimum absolute atomic E-state index is 0.0462. The number of hydrogen-bond acceptors (Lipinski definition) is 5. The Balaban J connectivity index is 2.27. The highest BCUT2D eigenvalue weighted by molar-refractivity contribution is 7.11. The van der Waals surface area contributed by atoms with Gasteiger partial charge in [0.05, 0.1) is 4.88 Å². The highest BCUT2D eigenvalue weighted by atomic mass is 32.1. The highest BCUT2D eigenvalue weighted by Crippen LogP contribution is 2.35. The summed E-state index contributed by atoms with van der Waals surface area (Å²) in [6.45, 7) is 0. The SMILES string of the molecule is OC(c1ncccn1)c1cnc(C(F)(F)F)s1. The van der Waals surface area contributed by atoms with Gasteiger partial charge in [0.2, 0.25) is 0 Å². The number of aliphatic hydroxyl groups excluding tert-OH is 1. The first-order valence-corrected chi connectivity index (χ1v) is 5.28. The first-order valence-electron chi connectivity index (χ1n) is 4.46. The zero-order valence-corrected chi connectivity index (χ0v) is 9.03. The molecule has 0 aromatic carbocycles. The molecule has 0 saturated heterocycles. The van der Waals surface area contributed by atoms with Gasteiger partial charge in [0.25, 0.3) is 0 Å². The number of aliphatic hydroxyl groups is 1. The summed E-state index contributed by atoms with van der Waals surface area (Å²) in [5.41, 5.74) is 0. The number of thiazole rings is 1. The van der Waals surface area contributed by atoms with E-state index >= 15 is 0 Å². The summed E-state index contributed by atoms with van der Waals surface area (Å²) >= 11 is 0.377. The summed E-state index contributed by atoms with van der Waals surface area (Å²) in [6.07, 6.45) is -2.01. The van der Waals surface area contributed by atoms with Crippen molar-refractivity contribution in [2.45, 2.75) is 12.3 Å². The van der Waals surface area contributed by atoms with Crippen molar-refractivity contribution in [3.05, 3.63) is 40.4 Å². The van der Waals surface area contributed by atoms with Crippen molar-refractivity contribution in [3.63, 3.8) is 0 Å². The summed E-state index contributed by atoms with van der Waals surface area (Å²) < 4.78 is 36.9. The van der Waals surface area contributed by atoms with Crippen molar-refractivity contribution in [2.75, 3.05) is 0 Å². The van der Waals surface area contributed by atoms with Gasteiger partial charge in [-0.15, -0.1) is 11.3 Å². The highest BCUT2D eigenvalue weighted by Gasteiger charge is 2.35. The maximum Gasteiger partial charge on any atom is 0.443 e. The van der Waals surface area contributed by atoms with E-state index in [1.165, 1.54) is 12.4 Å². The Morgan fingerprint density at radius 3 is 2.35 bits per heavy atom. The van der Waals surface area contributed by atoms with Crippen LogP contribution in [0.15, 0.2) is 24.7 Å². The van der Waals surface area contributed by atoms with E-state index in [0.29, 0.717) is 11.3 Å². The normalized spacial score (nSPS) is 13.6. The number of hydrogen-bond donors (Lipinski definition) is 1. The van der Waals surface area contributed by atoms with Gasteiger partial charge >= 0.3 is 6.18 Å². The second kappa shape index (κ2) is 4.38. The summed E-state index contributed by atoms with van der Waals surface area (Å²) in [4.78, 5) is 10.8. The van der Waals surface area contributed by atoms with Gasteiger partial charge in [0, 0.05) is 18.6 Å². The number of aromatic nitrogens is 3. The van der Waals surface area contributed by atoms with E-state index < -0.39 is 17.3 Å². The van der Waals surface area contributed by atoms with Crippen LogP contribution < -0.4 is 0 Å². The Hall–Kier alpha value is -1.54. The quantitative estimate of drug-likeness (QED) is 0.898. The zero-order chi connectivity index (χ0) is 12.5. The molecule has 0 bridgehead atoms. The number of nitrogens with zero attached hydrogens (tertiary/aromatic N) is 3. The van der Waals surface area contributed by atoms with Crippen LogP contribution in [0.1, 0.15) is 21.8 Å². The standard InChI is InChI=1S/C9H6F3N3OS/c10-9(11,12)8-15-4-5(17-8)6(16)7-13-2-1-3-14-7/h1-4,6,16H. The second-order valence-electron chi connectivity index (χ2n) is 3.08. The molecule has 2 heterocycles. The Kier molecular flexibility index (Phi) is 3.07. The zero-order valence-electron chi connectivity index (χ0n) is 8.22. The van der Waals surface area contributed by atoms with Gasteiger partial charge in [-0.2, -0.15) is 13.2 Å². The van der Waals surface area contributed by atoms with Gasteiger partial charge in [-0.3, -0.25) is 0 Å². The van der Waals surface area contributed by atoms with Crippen molar-refractivity contribution in [1.29, 1.82) is 0 Å². The molecule has 0 spiro atoms. The summed E-state index contributed by atoms with van der Waals surface area (Å²) in [6, 6.07) is 1.55. The van der Waals surface area contributed by atoms with Gasteiger partial charge < -0.3 is 5.11 Å². The Bertz CT molecular complexity index is 500. The second-order valence-corrected chi connectivity index (χ2v) is 4.14. The Labute approximate surface area is 97.8 Å². The van der Waals surface area contributed by atoms with E-state index in [0.717, 1.165) is 6.20 Å². The molecular weight excluding hydrogens is 255 g/mol. The lowest BCUT2D eigenvalue weighted by molar-refractivity contribution is -0.137. The number of halogens is 3. The number of alkyl halides is 3. The molecule has 1 atom stereocenters. The lowest BCUT2D eigenvalue weighted by Gasteiger charge is -2.05. The summed E-state index contributed by atoms with van der Waals surface area (Å²) in [5, 5.41) is 8.75. The van der Waals surface area contributed by atoms with Crippen LogP contribution in [0.4, 0.5) is 13.2 Å². The van der Waals surface area contributed by atoms with Crippen LogP contribution in [0, 0.1) is 0 Å². The van der Waals surface area contributed by atoms with Gasteiger partial charge in [-0.05, 0) is 6.07 Å². The molecule has 0 radical (unpaired) electrons. The number of rotatable bonds is 2. The molecular formula is C9H6F3N3OS. The molecule has 1 N–H and O–H groups in total. The van der Waals surface area contributed by atoms with Gasteiger partial charge in [0.15, 0.2) is 10.8 Å². The lowest BCUT2D eigenvalue weighted by Crippen LogP contribution is -2.03. The predicted octanol–water partition coefficient (Wildman–Crippen LogP) is 2.03. The summed E-state index contributed by atoms with van der Waals surface area (Å²) in [7, 11) is 0. The van der Waals surface area contributed by atoms with E-state index in [9.17, 15) is 18.3 Å². The third kappa shape index (κ3) is 2.59. The average Bonchev–Trinajstić information content (AvgIpc) is 2.78. The Morgan fingerprint density at radius 1 is 1.18 bits per heavy atom.